The highest BCUT2D eigenvalue weighted by Crippen LogP contribution is 2.47. The molecule has 0 radical (unpaired) electrons. The summed E-state index contributed by atoms with van der Waals surface area (Å²) >= 11 is 0. The van der Waals surface area contributed by atoms with Crippen LogP contribution < -0.4 is 0 Å². The molecule has 12 rings (SSSR count). The first kappa shape index (κ1) is 59.1. The van der Waals surface area contributed by atoms with Crippen LogP contribution in [0.1, 0.15) is 55.6 Å². The quantitative estimate of drug-likeness (QED) is 0.149. The van der Waals surface area contributed by atoms with Crippen LogP contribution in [0.2, 0.25) is 0 Å². The minimum Gasteiger partial charge on any atom is -0.309 e. The second-order valence-electron chi connectivity index (χ2n) is 21.6. The second-order valence-corrected chi connectivity index (χ2v) is 21.6. The van der Waals surface area contributed by atoms with Crippen LogP contribution in [-0.2, 0) is 30.9 Å². The number of nitrogens with zero attached hydrogens (tertiary/aromatic N) is 4. The zero-order chi connectivity index (χ0) is 63.6. The third-order valence-electron chi connectivity index (χ3n) is 16.1. The molecule has 0 unspecified atom stereocenters. The van der Waals surface area contributed by atoms with Crippen molar-refractivity contribution in [1.29, 1.82) is 10.5 Å². The number of benzene rings is 10. The molecular formula is C70H39F15N4. The summed E-state index contributed by atoms with van der Waals surface area (Å²) in [4.78, 5) is 0. The number of aromatic nitrogens is 2. The van der Waals surface area contributed by atoms with E-state index in [4.69, 9.17) is 0 Å². The highest BCUT2D eigenvalue weighted by molar-refractivity contribution is 6.13. The molecule has 4 nitrogen and oxygen atoms in total. The molecule has 0 bridgehead atoms. The van der Waals surface area contributed by atoms with Gasteiger partial charge in [0.2, 0.25) is 0 Å². The Bertz CT molecular complexity index is 5020. The van der Waals surface area contributed by atoms with E-state index < -0.39 is 64.3 Å². The fourth-order valence-corrected chi connectivity index (χ4v) is 11.9. The van der Waals surface area contributed by atoms with E-state index in [9.17, 15) is 76.4 Å². The first-order valence-electron chi connectivity index (χ1n) is 27.0. The van der Waals surface area contributed by atoms with Gasteiger partial charge >= 0.3 is 30.9 Å². The number of halogens is 15. The summed E-state index contributed by atoms with van der Waals surface area (Å²) in [5.41, 5.74) is -0.761. The van der Waals surface area contributed by atoms with Gasteiger partial charge in [-0.25, -0.2) is 0 Å². The summed E-state index contributed by atoms with van der Waals surface area (Å²) in [5.74, 6) is 0. The Morgan fingerprint density at radius 1 is 0.292 bits per heavy atom. The normalized spacial score (nSPS) is 12.6. The Balaban J connectivity index is 1.06. The van der Waals surface area contributed by atoms with Gasteiger partial charge in [0.25, 0.3) is 0 Å². The third kappa shape index (κ3) is 10.5. The molecule has 2 aromatic heterocycles. The lowest BCUT2D eigenvalue weighted by Crippen LogP contribution is -2.12. The average molecular weight is 1220 g/mol. The number of hydrogen-bond donors (Lipinski definition) is 0. The Morgan fingerprint density at radius 3 is 0.933 bits per heavy atom. The average Bonchev–Trinajstić information content (AvgIpc) is 1.61. The number of fused-ring (bicyclic) bond motifs is 6. The Kier molecular flexibility index (Phi) is 13.9. The van der Waals surface area contributed by atoms with Gasteiger partial charge in [0.15, 0.2) is 0 Å². The molecule has 0 saturated heterocycles. The maximum absolute atomic E-state index is 14.7. The third-order valence-corrected chi connectivity index (χ3v) is 16.1. The smallest absolute Gasteiger partial charge is 0.309 e. The predicted molar refractivity (Wildman–Crippen MR) is 311 cm³/mol. The van der Waals surface area contributed by atoms with E-state index in [1.165, 1.54) is 75.4 Å². The summed E-state index contributed by atoms with van der Waals surface area (Å²) in [6, 6.07) is 44.5. The van der Waals surface area contributed by atoms with Gasteiger partial charge in [-0.15, -0.1) is 0 Å². The fourth-order valence-electron chi connectivity index (χ4n) is 11.9. The van der Waals surface area contributed by atoms with Crippen LogP contribution in [-0.4, -0.2) is 9.13 Å². The maximum Gasteiger partial charge on any atom is 0.417 e. The van der Waals surface area contributed by atoms with Crippen LogP contribution in [0.5, 0.6) is 0 Å². The molecule has 0 aliphatic carbocycles. The van der Waals surface area contributed by atoms with Crippen molar-refractivity contribution in [1.82, 2.24) is 9.13 Å². The van der Waals surface area contributed by atoms with Crippen molar-refractivity contribution in [3.05, 3.63) is 238 Å². The van der Waals surface area contributed by atoms with E-state index in [1.807, 2.05) is 0 Å². The lowest BCUT2D eigenvalue weighted by Gasteiger charge is -2.17. The standard InChI is InChI=1S/C70H39F15N4/c1-36-4-16-52(60(24-36)69(80,81)82)41-9-22-64-58(29-41)56-27-39(50-17-11-45(25-37(50)2)66(71,72)73)7-20-62(56)88(64)48-14-5-43(34-86)54(32-48)55-33-49(15-6-44(55)35-87)89-63-21-8-40(51-18-12-46(26-38(51)3)67(74,75)76)28-57(63)59-30-42(10-23-65(59)89)53-19-13-47(68(77,78)79)31-61(53)70(83,84)85/h4-33H,1-3H3. The number of aryl methyl sites for hydroxylation is 3. The Labute approximate surface area is 495 Å². The number of hydrogen-bond acceptors (Lipinski definition) is 2. The van der Waals surface area contributed by atoms with Crippen molar-refractivity contribution in [3.8, 4) is 79.1 Å². The number of alkyl halides is 15. The van der Waals surface area contributed by atoms with Gasteiger partial charge < -0.3 is 9.13 Å². The molecule has 0 saturated carbocycles. The van der Waals surface area contributed by atoms with E-state index in [0.29, 0.717) is 89.0 Å². The molecule has 444 valence electrons. The number of nitriles is 2. The van der Waals surface area contributed by atoms with Crippen molar-refractivity contribution in [2.45, 2.75) is 51.7 Å². The summed E-state index contributed by atoms with van der Waals surface area (Å²) in [7, 11) is 0. The molecule has 0 fully saturated rings. The first-order chi connectivity index (χ1) is 41.9. The largest absolute Gasteiger partial charge is 0.417 e. The van der Waals surface area contributed by atoms with Gasteiger partial charge in [-0.2, -0.15) is 76.4 Å². The summed E-state index contributed by atoms with van der Waals surface area (Å²) in [6.45, 7) is 4.54. The Hall–Kier alpha value is -10.3. The molecule has 0 aliphatic heterocycles. The minimum absolute atomic E-state index is 0.0280. The van der Waals surface area contributed by atoms with Gasteiger partial charge in [0, 0.05) is 44.0 Å². The van der Waals surface area contributed by atoms with Crippen LogP contribution in [0.15, 0.2) is 182 Å². The van der Waals surface area contributed by atoms with E-state index >= 15 is 0 Å². The van der Waals surface area contributed by atoms with Crippen LogP contribution in [0.3, 0.4) is 0 Å². The minimum atomic E-state index is -5.25. The molecule has 89 heavy (non-hydrogen) atoms. The highest BCUT2D eigenvalue weighted by Gasteiger charge is 2.39. The van der Waals surface area contributed by atoms with Crippen LogP contribution in [0, 0.1) is 43.4 Å². The SMILES string of the molecule is Cc1ccc(-c2ccc3c(c2)c2cc(-c4ccc(C(F)(F)F)cc4C)ccc2n3-c2ccc(C#N)c(-c3cc(-n4c5ccc(-c6ccc(C(F)(F)F)cc6C)cc5c5cc(-c6ccc(C(F)(F)F)cc6C(F)(F)F)ccc54)ccc3C#N)c2)c(C(F)(F)F)c1. The monoisotopic (exact) mass is 1220 g/mol. The van der Waals surface area contributed by atoms with Crippen molar-refractivity contribution >= 4 is 43.6 Å². The predicted octanol–water partition coefficient (Wildman–Crippen LogP) is 22.0. The molecular weight excluding hydrogens is 1180 g/mol. The van der Waals surface area contributed by atoms with E-state index in [1.54, 1.807) is 88.0 Å². The van der Waals surface area contributed by atoms with Gasteiger partial charge in [-0.05, 0) is 204 Å². The zero-order valence-corrected chi connectivity index (χ0v) is 46.3. The first-order valence-corrected chi connectivity index (χ1v) is 27.0. The van der Waals surface area contributed by atoms with E-state index in [2.05, 4.69) is 12.1 Å². The molecule has 12 aromatic rings. The summed E-state index contributed by atoms with van der Waals surface area (Å²) in [5, 5.41) is 23.1. The lowest BCUT2D eigenvalue weighted by atomic mass is 9.94. The molecule has 0 N–H and O–H groups in total. The molecule has 0 aliphatic rings. The zero-order valence-electron chi connectivity index (χ0n) is 46.3. The second kappa shape index (κ2) is 21.0. The van der Waals surface area contributed by atoms with E-state index in [-0.39, 0.29) is 56.0 Å². The van der Waals surface area contributed by atoms with Gasteiger partial charge in [-0.3, -0.25) is 0 Å². The topological polar surface area (TPSA) is 57.4 Å². The molecule has 2 heterocycles. The van der Waals surface area contributed by atoms with Gasteiger partial charge in [0.05, 0.1) is 73.1 Å². The highest BCUT2D eigenvalue weighted by atomic mass is 19.4. The van der Waals surface area contributed by atoms with Gasteiger partial charge in [-0.1, -0.05) is 60.2 Å². The van der Waals surface area contributed by atoms with Crippen LogP contribution in [0.25, 0.3) is 111 Å². The van der Waals surface area contributed by atoms with Crippen molar-refractivity contribution in [2.75, 3.05) is 0 Å². The van der Waals surface area contributed by atoms with Crippen LogP contribution in [0.4, 0.5) is 65.9 Å². The Morgan fingerprint density at radius 2 is 0.607 bits per heavy atom. The molecule has 19 heteroatoms. The lowest BCUT2D eigenvalue weighted by molar-refractivity contribution is -0.143. The number of rotatable bonds is 7. The molecule has 0 amide bonds. The fraction of sp³-hybridized carbons (Fsp3) is 0.114. The van der Waals surface area contributed by atoms with Crippen molar-refractivity contribution in [3.63, 3.8) is 0 Å². The maximum atomic E-state index is 14.7. The summed E-state index contributed by atoms with van der Waals surface area (Å²) < 4.78 is 216. The van der Waals surface area contributed by atoms with Gasteiger partial charge in [0.1, 0.15) is 0 Å². The van der Waals surface area contributed by atoms with E-state index in [0.717, 1.165) is 36.4 Å². The van der Waals surface area contributed by atoms with Crippen molar-refractivity contribution < 1.29 is 65.9 Å². The molecule has 10 aromatic carbocycles. The van der Waals surface area contributed by atoms with Crippen LogP contribution >= 0.6 is 0 Å². The van der Waals surface area contributed by atoms with Crippen molar-refractivity contribution in [2.24, 2.45) is 0 Å². The molecule has 0 spiro atoms. The summed E-state index contributed by atoms with van der Waals surface area (Å²) in [6.07, 6.45) is -24.4. The molecule has 0 atom stereocenters.